The Bertz CT molecular complexity index is 335. The van der Waals surface area contributed by atoms with Crippen LogP contribution >= 0.6 is 0 Å². The molecule has 1 aliphatic rings. The van der Waals surface area contributed by atoms with E-state index in [-0.39, 0.29) is 5.76 Å². The molecule has 96 valence electrons. The third-order valence-corrected chi connectivity index (χ3v) is 2.52. The van der Waals surface area contributed by atoms with Gasteiger partial charge in [0, 0.05) is 6.54 Å². The first kappa shape index (κ1) is 13.7. The average molecular weight is 245 g/mol. The Morgan fingerprint density at radius 2 is 2.35 bits per heavy atom. The normalized spacial score (nSPS) is 19.8. The Labute approximate surface area is 99.7 Å². The maximum absolute atomic E-state index is 13.8. The highest BCUT2D eigenvalue weighted by molar-refractivity contribution is 5.51. The number of carbonyl (C=O) groups is 1. The Morgan fingerprint density at radius 3 is 2.88 bits per heavy atom. The summed E-state index contributed by atoms with van der Waals surface area (Å²) in [6, 6.07) is 0. The van der Waals surface area contributed by atoms with E-state index in [0.717, 1.165) is 6.08 Å². The van der Waals surface area contributed by atoms with E-state index in [4.69, 9.17) is 4.74 Å². The van der Waals surface area contributed by atoms with Gasteiger partial charge in [0.05, 0.1) is 18.1 Å². The van der Waals surface area contributed by atoms with Crippen LogP contribution in [-0.2, 0) is 9.53 Å². The van der Waals surface area contributed by atoms with Crippen molar-refractivity contribution in [3.63, 3.8) is 0 Å². The molecule has 0 aromatic carbocycles. The minimum atomic E-state index is -1.64. The summed E-state index contributed by atoms with van der Waals surface area (Å²) in [5.41, 5.74) is 0.488. The topological polar surface area (TPSA) is 29.5 Å². The monoisotopic (exact) mass is 245 g/mol. The van der Waals surface area contributed by atoms with Crippen molar-refractivity contribution in [2.24, 2.45) is 0 Å². The van der Waals surface area contributed by atoms with E-state index in [9.17, 15) is 13.6 Å². The summed E-state index contributed by atoms with van der Waals surface area (Å²) < 4.78 is 31.8. The summed E-state index contributed by atoms with van der Waals surface area (Å²) in [6.07, 6.45) is 0.964. The van der Waals surface area contributed by atoms with Gasteiger partial charge in [0.25, 0.3) is 0 Å². The zero-order valence-electron chi connectivity index (χ0n) is 10.1. The van der Waals surface area contributed by atoms with Crippen LogP contribution in [0.25, 0.3) is 0 Å². The lowest BCUT2D eigenvalue weighted by Crippen LogP contribution is -2.23. The van der Waals surface area contributed by atoms with Crippen LogP contribution in [-0.4, -0.2) is 30.6 Å². The predicted molar refractivity (Wildman–Crippen MR) is 60.4 cm³/mol. The van der Waals surface area contributed by atoms with Crippen molar-refractivity contribution in [3.8, 4) is 0 Å². The summed E-state index contributed by atoms with van der Waals surface area (Å²) in [5, 5.41) is 0. The van der Waals surface area contributed by atoms with Crippen LogP contribution in [0.5, 0.6) is 0 Å². The Balaban J connectivity index is 3.06. The fourth-order valence-electron chi connectivity index (χ4n) is 1.79. The Kier molecular flexibility index (Phi) is 5.12. The number of alkyl halides is 1. The highest BCUT2D eigenvalue weighted by atomic mass is 19.1. The number of amides is 1. The second-order valence-electron chi connectivity index (χ2n) is 3.82. The summed E-state index contributed by atoms with van der Waals surface area (Å²) in [6.45, 7) is 3.82. The molecule has 3 nitrogen and oxygen atoms in total. The lowest BCUT2D eigenvalue weighted by molar-refractivity contribution is -0.116. The van der Waals surface area contributed by atoms with E-state index in [1.165, 1.54) is 11.8 Å². The molecule has 17 heavy (non-hydrogen) atoms. The van der Waals surface area contributed by atoms with E-state index >= 15 is 0 Å². The maximum Gasteiger partial charge on any atom is 0.213 e. The molecule has 5 heteroatoms. The number of rotatable bonds is 4. The molecule has 0 radical (unpaired) electrons. The SMILES string of the molecule is CCC1=C(C(F)/C=C(\C)F)OCCCN1C=O. The van der Waals surface area contributed by atoms with E-state index in [2.05, 4.69) is 0 Å². The van der Waals surface area contributed by atoms with Crippen LogP contribution in [0.1, 0.15) is 26.7 Å². The van der Waals surface area contributed by atoms with E-state index < -0.39 is 12.0 Å². The highest BCUT2D eigenvalue weighted by Gasteiger charge is 2.23. The molecular weight excluding hydrogens is 228 g/mol. The zero-order chi connectivity index (χ0) is 12.8. The minimum absolute atomic E-state index is 0.0501. The molecular formula is C12H17F2NO2. The van der Waals surface area contributed by atoms with Crippen LogP contribution in [0.15, 0.2) is 23.4 Å². The quantitative estimate of drug-likeness (QED) is 0.713. The third-order valence-electron chi connectivity index (χ3n) is 2.52. The molecule has 1 aliphatic heterocycles. The molecule has 1 heterocycles. The van der Waals surface area contributed by atoms with Gasteiger partial charge in [-0.1, -0.05) is 6.92 Å². The Morgan fingerprint density at radius 1 is 1.65 bits per heavy atom. The van der Waals surface area contributed by atoms with Gasteiger partial charge in [0.15, 0.2) is 11.9 Å². The number of allylic oxidation sites excluding steroid dienone is 3. The zero-order valence-corrected chi connectivity index (χ0v) is 10.1. The van der Waals surface area contributed by atoms with Gasteiger partial charge in [-0.15, -0.1) is 0 Å². The first-order chi connectivity index (χ1) is 8.10. The second-order valence-corrected chi connectivity index (χ2v) is 3.82. The standard InChI is InChI=1S/C12H17F2NO2/c1-3-11-12(10(14)7-9(2)13)17-6-4-5-15(11)8-16/h7-8,10H,3-6H2,1-2H3/b9-7+. The predicted octanol–water partition coefficient (Wildman–Crippen LogP) is 2.70. The van der Waals surface area contributed by atoms with Crippen molar-refractivity contribution in [3.05, 3.63) is 23.4 Å². The largest absolute Gasteiger partial charge is 0.493 e. The lowest BCUT2D eigenvalue weighted by Gasteiger charge is -2.20. The summed E-state index contributed by atoms with van der Waals surface area (Å²) in [4.78, 5) is 12.3. The molecule has 1 atom stereocenters. The molecule has 0 bridgehead atoms. The molecule has 0 saturated heterocycles. The number of halogens is 2. The second kappa shape index (κ2) is 6.37. The van der Waals surface area contributed by atoms with Crippen LogP contribution in [0.3, 0.4) is 0 Å². The van der Waals surface area contributed by atoms with Crippen LogP contribution in [0.4, 0.5) is 8.78 Å². The molecule has 0 aromatic heterocycles. The van der Waals surface area contributed by atoms with Gasteiger partial charge in [-0.05, 0) is 25.8 Å². The van der Waals surface area contributed by atoms with Crippen molar-refractivity contribution >= 4 is 6.41 Å². The van der Waals surface area contributed by atoms with Crippen molar-refractivity contribution in [1.82, 2.24) is 4.90 Å². The molecule has 1 amide bonds. The smallest absolute Gasteiger partial charge is 0.213 e. The Hall–Kier alpha value is -1.39. The first-order valence-corrected chi connectivity index (χ1v) is 5.66. The molecule has 1 unspecified atom stereocenters. The number of hydrogen-bond acceptors (Lipinski definition) is 2. The summed E-state index contributed by atoms with van der Waals surface area (Å²) >= 11 is 0. The van der Waals surface area contributed by atoms with E-state index in [1.54, 1.807) is 6.92 Å². The van der Waals surface area contributed by atoms with Crippen molar-refractivity contribution in [2.75, 3.05) is 13.2 Å². The number of ether oxygens (including phenoxy) is 1. The molecule has 1 rings (SSSR count). The van der Waals surface area contributed by atoms with Crippen molar-refractivity contribution in [1.29, 1.82) is 0 Å². The van der Waals surface area contributed by atoms with Crippen LogP contribution < -0.4 is 0 Å². The highest BCUT2D eigenvalue weighted by Crippen LogP contribution is 2.24. The van der Waals surface area contributed by atoms with E-state index in [1.807, 2.05) is 0 Å². The maximum atomic E-state index is 13.8. The van der Waals surface area contributed by atoms with Gasteiger partial charge in [-0.2, -0.15) is 0 Å². The minimum Gasteiger partial charge on any atom is -0.493 e. The lowest BCUT2D eigenvalue weighted by atomic mass is 10.2. The molecule has 0 fully saturated rings. The van der Waals surface area contributed by atoms with Crippen LogP contribution in [0, 0.1) is 0 Å². The van der Waals surface area contributed by atoms with Crippen molar-refractivity contribution in [2.45, 2.75) is 32.9 Å². The number of hydrogen-bond donors (Lipinski definition) is 0. The fourth-order valence-corrected chi connectivity index (χ4v) is 1.79. The van der Waals surface area contributed by atoms with Gasteiger partial charge in [-0.25, -0.2) is 8.78 Å². The first-order valence-electron chi connectivity index (χ1n) is 5.66. The van der Waals surface area contributed by atoms with Crippen molar-refractivity contribution < 1.29 is 18.3 Å². The van der Waals surface area contributed by atoms with Gasteiger partial charge >= 0.3 is 0 Å². The molecule has 0 aliphatic carbocycles. The molecule has 0 N–H and O–H groups in total. The number of carbonyl (C=O) groups excluding carboxylic acids is 1. The third kappa shape index (κ3) is 3.54. The average Bonchev–Trinajstić information content (AvgIpc) is 2.48. The van der Waals surface area contributed by atoms with Gasteiger partial charge < -0.3 is 9.64 Å². The number of nitrogens with zero attached hydrogens (tertiary/aromatic N) is 1. The van der Waals surface area contributed by atoms with Crippen LogP contribution in [0.2, 0.25) is 0 Å². The van der Waals surface area contributed by atoms with Gasteiger partial charge in [0.1, 0.15) is 0 Å². The molecule has 0 spiro atoms. The molecule has 0 aromatic rings. The fraction of sp³-hybridized carbons (Fsp3) is 0.583. The van der Waals surface area contributed by atoms with Gasteiger partial charge in [-0.3, -0.25) is 4.79 Å². The van der Waals surface area contributed by atoms with Gasteiger partial charge in [0.2, 0.25) is 6.41 Å². The molecule has 0 saturated carbocycles. The van der Waals surface area contributed by atoms with E-state index in [0.29, 0.717) is 38.1 Å². The summed E-state index contributed by atoms with van der Waals surface area (Å²) in [5.74, 6) is -0.556. The summed E-state index contributed by atoms with van der Waals surface area (Å²) in [7, 11) is 0.